The van der Waals surface area contributed by atoms with Gasteiger partial charge in [-0.15, -0.1) is 0 Å². The monoisotopic (exact) mass is 302 g/mol. The van der Waals surface area contributed by atoms with E-state index in [2.05, 4.69) is 46.1 Å². The molecule has 2 nitrogen and oxygen atoms in total. The third-order valence-corrected chi connectivity index (χ3v) is 5.18. The highest BCUT2D eigenvalue weighted by molar-refractivity contribution is 9.10. The van der Waals surface area contributed by atoms with Crippen molar-refractivity contribution < 1.29 is 0 Å². The van der Waals surface area contributed by atoms with Crippen molar-refractivity contribution in [3.05, 3.63) is 9.74 Å². The Bertz CT molecular complexity index is 348. The molecular formula is C12H19BrN2S. The number of nitrogens with zero attached hydrogens (tertiary/aromatic N) is 2. The van der Waals surface area contributed by atoms with Crippen molar-refractivity contribution in [3.8, 4) is 0 Å². The van der Waals surface area contributed by atoms with Gasteiger partial charge < -0.3 is 0 Å². The maximum atomic E-state index is 4.45. The molecule has 1 aliphatic rings. The van der Waals surface area contributed by atoms with Crippen LogP contribution in [0.2, 0.25) is 0 Å². The van der Waals surface area contributed by atoms with Crippen LogP contribution in [-0.2, 0) is 0 Å². The molecule has 0 atom stereocenters. The van der Waals surface area contributed by atoms with Gasteiger partial charge in [-0.2, -0.15) is 4.37 Å². The first kappa shape index (κ1) is 12.5. The Kier molecular flexibility index (Phi) is 3.69. The van der Waals surface area contributed by atoms with E-state index in [1.54, 1.807) is 11.5 Å². The Labute approximate surface area is 110 Å². The van der Waals surface area contributed by atoms with Gasteiger partial charge in [-0.05, 0) is 64.5 Å². The summed E-state index contributed by atoms with van der Waals surface area (Å²) in [6, 6.07) is 0. The number of aromatic nitrogens is 2. The van der Waals surface area contributed by atoms with Crippen molar-refractivity contribution >= 4 is 27.5 Å². The molecule has 0 aromatic carbocycles. The molecule has 0 bridgehead atoms. The van der Waals surface area contributed by atoms with E-state index >= 15 is 0 Å². The highest BCUT2D eigenvalue weighted by atomic mass is 79.9. The first-order chi connectivity index (χ1) is 7.47. The minimum atomic E-state index is 0.465. The van der Waals surface area contributed by atoms with Crippen LogP contribution in [0.4, 0.5) is 0 Å². The molecule has 1 heterocycles. The second-order valence-corrected chi connectivity index (χ2v) is 7.31. The summed E-state index contributed by atoms with van der Waals surface area (Å²) >= 11 is 4.89. The first-order valence-corrected chi connectivity index (χ1v) is 7.52. The van der Waals surface area contributed by atoms with Crippen LogP contribution in [0.15, 0.2) is 4.73 Å². The number of hydrogen-bond acceptors (Lipinski definition) is 3. The van der Waals surface area contributed by atoms with Gasteiger partial charge >= 0.3 is 0 Å². The Morgan fingerprint density at radius 1 is 1.19 bits per heavy atom. The van der Waals surface area contributed by atoms with Gasteiger partial charge in [-0.1, -0.05) is 20.8 Å². The van der Waals surface area contributed by atoms with Crippen LogP contribution in [0.5, 0.6) is 0 Å². The van der Waals surface area contributed by atoms with Gasteiger partial charge in [0.1, 0.15) is 5.01 Å². The van der Waals surface area contributed by atoms with Gasteiger partial charge in [0.2, 0.25) is 4.73 Å². The summed E-state index contributed by atoms with van der Waals surface area (Å²) in [6.07, 6.45) is 5.24. The molecular weight excluding hydrogens is 284 g/mol. The van der Waals surface area contributed by atoms with E-state index in [4.69, 9.17) is 0 Å². The predicted molar refractivity (Wildman–Crippen MR) is 71.8 cm³/mol. The number of rotatable bonds is 1. The molecule has 1 aromatic heterocycles. The van der Waals surface area contributed by atoms with Gasteiger partial charge in [0, 0.05) is 5.92 Å². The maximum absolute atomic E-state index is 4.45. The van der Waals surface area contributed by atoms with E-state index < -0.39 is 0 Å². The zero-order chi connectivity index (χ0) is 11.8. The second-order valence-electron chi connectivity index (χ2n) is 5.82. The van der Waals surface area contributed by atoms with Gasteiger partial charge in [0.05, 0.1) is 0 Å². The SMILES string of the molecule is CC(C)(C)C1CCC(c2nc(Br)ns2)CC1. The van der Waals surface area contributed by atoms with E-state index in [-0.39, 0.29) is 0 Å². The molecule has 0 spiro atoms. The summed E-state index contributed by atoms with van der Waals surface area (Å²) in [5.74, 6) is 1.53. The minimum Gasteiger partial charge on any atom is -0.214 e. The Morgan fingerprint density at radius 2 is 1.81 bits per heavy atom. The fraction of sp³-hybridized carbons (Fsp3) is 0.833. The van der Waals surface area contributed by atoms with E-state index in [0.717, 1.165) is 10.7 Å². The highest BCUT2D eigenvalue weighted by Gasteiger charge is 2.31. The first-order valence-electron chi connectivity index (χ1n) is 5.96. The van der Waals surface area contributed by atoms with Crippen molar-refractivity contribution in [2.75, 3.05) is 0 Å². The van der Waals surface area contributed by atoms with E-state index in [9.17, 15) is 0 Å². The molecule has 0 aliphatic heterocycles. The molecule has 0 radical (unpaired) electrons. The smallest absolute Gasteiger partial charge is 0.209 e. The maximum Gasteiger partial charge on any atom is 0.209 e. The van der Waals surface area contributed by atoms with Crippen LogP contribution in [0, 0.1) is 11.3 Å². The van der Waals surface area contributed by atoms with Crippen LogP contribution >= 0.6 is 27.5 Å². The third-order valence-electron chi connectivity index (χ3n) is 3.72. The van der Waals surface area contributed by atoms with Crippen molar-refractivity contribution in [3.63, 3.8) is 0 Å². The molecule has 0 amide bonds. The Balaban J connectivity index is 1.95. The van der Waals surface area contributed by atoms with E-state index in [1.165, 1.54) is 30.7 Å². The molecule has 1 saturated carbocycles. The molecule has 4 heteroatoms. The average molecular weight is 303 g/mol. The summed E-state index contributed by atoms with van der Waals surface area (Å²) in [5.41, 5.74) is 0.465. The van der Waals surface area contributed by atoms with Gasteiger partial charge in [-0.25, -0.2) is 4.98 Å². The normalized spacial score (nSPS) is 27.0. The fourth-order valence-corrected chi connectivity index (χ4v) is 3.84. The molecule has 0 saturated heterocycles. The van der Waals surface area contributed by atoms with Crippen molar-refractivity contribution in [2.24, 2.45) is 11.3 Å². The van der Waals surface area contributed by atoms with Crippen LogP contribution in [0.3, 0.4) is 0 Å². The van der Waals surface area contributed by atoms with Crippen molar-refractivity contribution in [1.29, 1.82) is 0 Å². The van der Waals surface area contributed by atoms with E-state index in [1.807, 2.05) is 0 Å². The number of halogens is 1. The summed E-state index contributed by atoms with van der Waals surface area (Å²) < 4.78 is 4.96. The van der Waals surface area contributed by atoms with Gasteiger partial charge in [0.25, 0.3) is 0 Å². The lowest BCUT2D eigenvalue weighted by Crippen LogP contribution is -2.25. The van der Waals surface area contributed by atoms with Crippen LogP contribution < -0.4 is 0 Å². The summed E-state index contributed by atoms with van der Waals surface area (Å²) in [4.78, 5) is 4.45. The number of hydrogen-bond donors (Lipinski definition) is 0. The summed E-state index contributed by atoms with van der Waals surface area (Å²) in [6.45, 7) is 7.08. The molecule has 0 unspecified atom stereocenters. The molecule has 1 aromatic rings. The van der Waals surface area contributed by atoms with Crippen LogP contribution in [0.25, 0.3) is 0 Å². The van der Waals surface area contributed by atoms with Crippen LogP contribution in [0.1, 0.15) is 57.4 Å². The minimum absolute atomic E-state index is 0.465. The molecule has 2 rings (SSSR count). The largest absolute Gasteiger partial charge is 0.214 e. The fourth-order valence-electron chi connectivity index (χ4n) is 2.59. The zero-order valence-electron chi connectivity index (χ0n) is 10.2. The molecule has 16 heavy (non-hydrogen) atoms. The van der Waals surface area contributed by atoms with Gasteiger partial charge in [0.15, 0.2) is 0 Å². The lowest BCUT2D eigenvalue weighted by atomic mass is 9.70. The molecule has 1 aliphatic carbocycles. The Hall–Kier alpha value is 0.0400. The van der Waals surface area contributed by atoms with Crippen molar-refractivity contribution in [1.82, 2.24) is 9.36 Å². The highest BCUT2D eigenvalue weighted by Crippen LogP contribution is 2.43. The third kappa shape index (κ3) is 2.83. The Morgan fingerprint density at radius 3 is 2.25 bits per heavy atom. The topological polar surface area (TPSA) is 25.8 Å². The zero-order valence-corrected chi connectivity index (χ0v) is 12.6. The molecule has 90 valence electrons. The van der Waals surface area contributed by atoms with Crippen LogP contribution in [-0.4, -0.2) is 9.36 Å². The quantitative estimate of drug-likeness (QED) is 0.756. The lowest BCUT2D eigenvalue weighted by molar-refractivity contribution is 0.169. The van der Waals surface area contributed by atoms with E-state index in [0.29, 0.717) is 11.3 Å². The summed E-state index contributed by atoms with van der Waals surface area (Å²) in [5, 5.41) is 1.22. The second kappa shape index (κ2) is 4.73. The molecule has 0 N–H and O–H groups in total. The van der Waals surface area contributed by atoms with Crippen molar-refractivity contribution in [2.45, 2.75) is 52.4 Å². The predicted octanol–water partition coefficient (Wildman–Crippen LogP) is 4.62. The van der Waals surface area contributed by atoms with Gasteiger partial charge in [-0.3, -0.25) is 0 Å². The molecule has 1 fully saturated rings. The average Bonchev–Trinajstić information content (AvgIpc) is 2.64. The lowest BCUT2D eigenvalue weighted by Gasteiger charge is -2.36. The standard InChI is InChI=1S/C12H19BrN2S/c1-12(2,3)9-6-4-8(5-7-9)10-14-11(13)15-16-10/h8-9H,4-7H2,1-3H3. The summed E-state index contributed by atoms with van der Waals surface area (Å²) in [7, 11) is 0.